The summed E-state index contributed by atoms with van der Waals surface area (Å²) in [5.74, 6) is -1.04. The van der Waals surface area contributed by atoms with E-state index in [4.69, 9.17) is 22.4 Å². The standard InChI is InChI=1S/C11H10ClN3O2/c1-6-9(12)5-15(14-6)10-4-7(13)2-3-8(10)11(16)17/h2-5H,13H2,1H3,(H,16,17). The summed E-state index contributed by atoms with van der Waals surface area (Å²) in [5.41, 5.74) is 7.26. The average Bonchev–Trinajstić information content (AvgIpc) is 2.58. The molecule has 0 unspecified atom stereocenters. The number of nitrogens with two attached hydrogens (primary N) is 1. The van der Waals surface area contributed by atoms with Gasteiger partial charge >= 0.3 is 5.97 Å². The molecule has 0 bridgehead atoms. The van der Waals surface area contributed by atoms with E-state index in [1.807, 2.05) is 0 Å². The lowest BCUT2D eigenvalue weighted by Crippen LogP contribution is -2.06. The highest BCUT2D eigenvalue weighted by Gasteiger charge is 2.13. The minimum atomic E-state index is -1.04. The van der Waals surface area contributed by atoms with Gasteiger partial charge in [0, 0.05) is 11.9 Å². The third-order valence-electron chi connectivity index (χ3n) is 2.34. The first kappa shape index (κ1) is 11.5. The van der Waals surface area contributed by atoms with Crippen LogP contribution in [0.5, 0.6) is 0 Å². The van der Waals surface area contributed by atoms with Gasteiger partial charge in [0.15, 0.2) is 0 Å². The number of aryl methyl sites for hydroxylation is 1. The minimum Gasteiger partial charge on any atom is -0.478 e. The molecule has 1 aromatic heterocycles. The molecular formula is C11H10ClN3O2. The van der Waals surface area contributed by atoms with Crippen molar-refractivity contribution < 1.29 is 9.90 Å². The van der Waals surface area contributed by atoms with Gasteiger partial charge in [-0.3, -0.25) is 0 Å². The number of carboxylic acids is 1. The fourth-order valence-corrected chi connectivity index (χ4v) is 1.61. The number of aromatic carboxylic acids is 1. The molecule has 0 radical (unpaired) electrons. The molecule has 0 spiro atoms. The van der Waals surface area contributed by atoms with E-state index in [2.05, 4.69) is 5.10 Å². The Bertz CT molecular complexity index is 573. The Morgan fingerprint density at radius 1 is 1.53 bits per heavy atom. The molecule has 0 saturated heterocycles. The number of nitrogens with zero attached hydrogens (tertiary/aromatic N) is 2. The van der Waals surface area contributed by atoms with Crippen LogP contribution in [-0.4, -0.2) is 20.9 Å². The van der Waals surface area contributed by atoms with Crippen molar-refractivity contribution in [3.63, 3.8) is 0 Å². The molecule has 1 heterocycles. The Labute approximate surface area is 102 Å². The SMILES string of the molecule is Cc1nn(-c2cc(N)ccc2C(=O)O)cc1Cl. The van der Waals surface area contributed by atoms with Crippen LogP contribution >= 0.6 is 11.6 Å². The van der Waals surface area contributed by atoms with E-state index in [0.717, 1.165) is 0 Å². The molecule has 5 nitrogen and oxygen atoms in total. The molecule has 1 aromatic carbocycles. The number of carbonyl (C=O) groups is 1. The molecule has 6 heteroatoms. The van der Waals surface area contributed by atoms with Gasteiger partial charge in [-0.25, -0.2) is 9.48 Å². The second kappa shape index (κ2) is 4.10. The molecule has 0 atom stereocenters. The fraction of sp³-hybridized carbons (Fsp3) is 0.0909. The van der Waals surface area contributed by atoms with Crippen LogP contribution in [0.2, 0.25) is 5.02 Å². The highest BCUT2D eigenvalue weighted by atomic mass is 35.5. The van der Waals surface area contributed by atoms with Crippen molar-refractivity contribution >= 4 is 23.3 Å². The lowest BCUT2D eigenvalue weighted by atomic mass is 10.1. The predicted molar refractivity (Wildman–Crippen MR) is 64.7 cm³/mol. The third kappa shape index (κ3) is 2.09. The summed E-state index contributed by atoms with van der Waals surface area (Å²) in [5, 5.41) is 13.7. The molecule has 3 N–H and O–H groups in total. The fourth-order valence-electron chi connectivity index (χ4n) is 1.48. The van der Waals surface area contributed by atoms with Gasteiger partial charge in [0.25, 0.3) is 0 Å². The maximum atomic E-state index is 11.1. The summed E-state index contributed by atoms with van der Waals surface area (Å²) in [7, 11) is 0. The maximum absolute atomic E-state index is 11.1. The van der Waals surface area contributed by atoms with E-state index >= 15 is 0 Å². The molecule has 0 aliphatic heterocycles. The number of anilines is 1. The van der Waals surface area contributed by atoms with E-state index in [0.29, 0.717) is 22.1 Å². The van der Waals surface area contributed by atoms with E-state index in [-0.39, 0.29) is 5.56 Å². The van der Waals surface area contributed by atoms with Gasteiger partial charge in [0.1, 0.15) is 0 Å². The molecule has 2 rings (SSSR count). The summed E-state index contributed by atoms with van der Waals surface area (Å²) < 4.78 is 1.41. The first-order valence-electron chi connectivity index (χ1n) is 4.84. The Kier molecular flexibility index (Phi) is 2.77. The summed E-state index contributed by atoms with van der Waals surface area (Å²) in [6.45, 7) is 1.74. The molecule has 88 valence electrons. The smallest absolute Gasteiger partial charge is 0.337 e. The highest BCUT2D eigenvalue weighted by molar-refractivity contribution is 6.31. The van der Waals surface area contributed by atoms with E-state index in [1.165, 1.54) is 16.8 Å². The summed E-state index contributed by atoms with van der Waals surface area (Å²) in [6.07, 6.45) is 1.55. The number of halogens is 1. The van der Waals surface area contributed by atoms with Crippen molar-refractivity contribution in [1.82, 2.24) is 9.78 Å². The second-order valence-electron chi connectivity index (χ2n) is 3.59. The van der Waals surface area contributed by atoms with Crippen molar-refractivity contribution in [3.8, 4) is 5.69 Å². The molecule has 0 aliphatic carbocycles. The number of hydrogen-bond acceptors (Lipinski definition) is 3. The lowest BCUT2D eigenvalue weighted by Gasteiger charge is -2.06. The quantitative estimate of drug-likeness (QED) is 0.801. The van der Waals surface area contributed by atoms with Crippen LogP contribution < -0.4 is 5.73 Å². The lowest BCUT2D eigenvalue weighted by molar-refractivity contribution is 0.0697. The first-order valence-corrected chi connectivity index (χ1v) is 5.22. The number of nitrogen functional groups attached to an aromatic ring is 1. The number of carboxylic acid groups (broad SMARTS) is 1. The van der Waals surface area contributed by atoms with Crippen LogP contribution in [0.3, 0.4) is 0 Å². The number of aromatic nitrogens is 2. The second-order valence-corrected chi connectivity index (χ2v) is 4.00. The van der Waals surface area contributed by atoms with Gasteiger partial charge in [0.2, 0.25) is 0 Å². The van der Waals surface area contributed by atoms with Crippen molar-refractivity contribution in [2.45, 2.75) is 6.92 Å². The Hall–Kier alpha value is -2.01. The molecule has 0 saturated carbocycles. The maximum Gasteiger partial charge on any atom is 0.337 e. The Balaban J connectivity index is 2.64. The molecule has 0 fully saturated rings. The predicted octanol–water partition coefficient (Wildman–Crippen LogP) is 2.11. The summed E-state index contributed by atoms with van der Waals surface area (Å²) in [6, 6.07) is 4.52. The highest BCUT2D eigenvalue weighted by Crippen LogP contribution is 2.21. The van der Waals surface area contributed by atoms with Gasteiger partial charge in [-0.2, -0.15) is 5.10 Å². The Morgan fingerprint density at radius 2 is 2.24 bits per heavy atom. The zero-order valence-electron chi connectivity index (χ0n) is 9.01. The van der Waals surface area contributed by atoms with Crippen LogP contribution in [0.25, 0.3) is 5.69 Å². The van der Waals surface area contributed by atoms with Gasteiger partial charge in [0.05, 0.1) is 22.0 Å². The van der Waals surface area contributed by atoms with Crippen molar-refractivity contribution in [2.75, 3.05) is 5.73 Å². The number of rotatable bonds is 2. The van der Waals surface area contributed by atoms with Crippen LogP contribution in [0.1, 0.15) is 16.1 Å². The van der Waals surface area contributed by atoms with Crippen molar-refractivity contribution in [3.05, 3.63) is 40.7 Å². The summed E-state index contributed by atoms with van der Waals surface area (Å²) >= 11 is 5.89. The minimum absolute atomic E-state index is 0.123. The Morgan fingerprint density at radius 3 is 2.76 bits per heavy atom. The summed E-state index contributed by atoms with van der Waals surface area (Å²) in [4.78, 5) is 11.1. The van der Waals surface area contributed by atoms with Crippen molar-refractivity contribution in [2.24, 2.45) is 0 Å². The monoisotopic (exact) mass is 251 g/mol. The van der Waals surface area contributed by atoms with Gasteiger partial charge in [-0.1, -0.05) is 11.6 Å². The third-order valence-corrected chi connectivity index (χ3v) is 2.71. The van der Waals surface area contributed by atoms with Gasteiger partial charge in [-0.15, -0.1) is 0 Å². The van der Waals surface area contributed by atoms with Crippen molar-refractivity contribution in [1.29, 1.82) is 0 Å². The van der Waals surface area contributed by atoms with Gasteiger partial charge < -0.3 is 10.8 Å². The molecular weight excluding hydrogens is 242 g/mol. The average molecular weight is 252 g/mol. The molecule has 2 aromatic rings. The van der Waals surface area contributed by atoms with Crippen LogP contribution in [0.15, 0.2) is 24.4 Å². The molecule has 17 heavy (non-hydrogen) atoms. The molecule has 0 aliphatic rings. The largest absolute Gasteiger partial charge is 0.478 e. The number of hydrogen-bond donors (Lipinski definition) is 2. The van der Waals surface area contributed by atoms with E-state index < -0.39 is 5.97 Å². The van der Waals surface area contributed by atoms with Gasteiger partial charge in [-0.05, 0) is 25.1 Å². The van der Waals surface area contributed by atoms with Crippen LogP contribution in [-0.2, 0) is 0 Å². The number of benzene rings is 1. The van der Waals surface area contributed by atoms with E-state index in [1.54, 1.807) is 19.2 Å². The normalized spacial score (nSPS) is 10.5. The topological polar surface area (TPSA) is 81.1 Å². The first-order chi connectivity index (χ1) is 7.99. The van der Waals surface area contributed by atoms with Crippen LogP contribution in [0.4, 0.5) is 5.69 Å². The molecule has 0 amide bonds. The zero-order valence-corrected chi connectivity index (χ0v) is 9.77. The van der Waals surface area contributed by atoms with Crippen LogP contribution in [0, 0.1) is 6.92 Å². The zero-order chi connectivity index (χ0) is 12.6. The van der Waals surface area contributed by atoms with E-state index in [9.17, 15) is 4.79 Å².